The van der Waals surface area contributed by atoms with E-state index >= 15 is 0 Å². The lowest BCUT2D eigenvalue weighted by molar-refractivity contribution is 0.102. The maximum absolute atomic E-state index is 11.9. The molecule has 0 aliphatic rings. The van der Waals surface area contributed by atoms with Crippen LogP contribution in [0, 0.1) is 11.3 Å². The first-order valence-corrected chi connectivity index (χ1v) is 6.44. The topological polar surface area (TPSA) is 75.0 Å². The van der Waals surface area contributed by atoms with Gasteiger partial charge in [-0.05, 0) is 31.2 Å². The Kier molecular flexibility index (Phi) is 4.11. The second-order valence-corrected chi connectivity index (χ2v) is 4.58. The van der Waals surface area contributed by atoms with E-state index in [1.165, 1.54) is 6.20 Å². The summed E-state index contributed by atoms with van der Waals surface area (Å²) in [7, 11) is 0. The van der Waals surface area contributed by atoms with Crippen molar-refractivity contribution in [1.82, 2.24) is 4.98 Å². The number of thiazole rings is 1. The number of anilines is 1. The summed E-state index contributed by atoms with van der Waals surface area (Å²) in [5, 5.41) is 11.7. The molecule has 2 aromatic rings. The van der Waals surface area contributed by atoms with E-state index in [-0.39, 0.29) is 5.91 Å². The number of ether oxygens (including phenoxy) is 1. The van der Waals surface area contributed by atoms with Crippen LogP contribution < -0.4 is 10.1 Å². The van der Waals surface area contributed by atoms with E-state index in [4.69, 9.17) is 10.00 Å². The summed E-state index contributed by atoms with van der Waals surface area (Å²) in [5.74, 6) is 0.460. The Morgan fingerprint density at radius 1 is 1.47 bits per heavy atom. The maximum Gasteiger partial charge on any atom is 0.257 e. The highest BCUT2D eigenvalue weighted by molar-refractivity contribution is 7.16. The molecule has 6 heteroatoms. The Morgan fingerprint density at radius 3 is 2.79 bits per heavy atom. The van der Waals surface area contributed by atoms with Crippen LogP contribution in [0.25, 0.3) is 0 Å². The Bertz CT molecular complexity index is 614. The number of hydrogen-bond acceptors (Lipinski definition) is 5. The van der Waals surface area contributed by atoms with E-state index in [1.807, 2.05) is 13.0 Å². The summed E-state index contributed by atoms with van der Waals surface area (Å²) in [5.41, 5.74) is 0.511. The lowest BCUT2D eigenvalue weighted by Gasteiger charge is -2.04. The number of hydrogen-bond donors (Lipinski definition) is 1. The number of nitriles is 1. The number of benzene rings is 1. The van der Waals surface area contributed by atoms with Gasteiger partial charge in [0.15, 0.2) is 5.13 Å². The normalized spacial score (nSPS) is 9.68. The predicted octanol–water partition coefficient (Wildman–Crippen LogP) is 2.67. The Morgan fingerprint density at radius 2 is 2.21 bits per heavy atom. The van der Waals surface area contributed by atoms with Gasteiger partial charge in [-0.25, -0.2) is 4.98 Å². The van der Waals surface area contributed by atoms with E-state index in [0.717, 1.165) is 17.1 Å². The lowest BCUT2D eigenvalue weighted by Crippen LogP contribution is -2.11. The first-order chi connectivity index (χ1) is 9.22. The Balaban J connectivity index is 2.05. The number of rotatable bonds is 4. The van der Waals surface area contributed by atoms with Crippen molar-refractivity contribution in [2.75, 3.05) is 11.9 Å². The number of carbonyl (C=O) groups excluding carboxylic acids is 1. The van der Waals surface area contributed by atoms with E-state index in [0.29, 0.717) is 22.2 Å². The number of aromatic nitrogens is 1. The summed E-state index contributed by atoms with van der Waals surface area (Å²) < 4.78 is 5.30. The number of carbonyl (C=O) groups is 1. The third kappa shape index (κ3) is 3.30. The quantitative estimate of drug-likeness (QED) is 0.929. The van der Waals surface area contributed by atoms with Crippen molar-refractivity contribution in [1.29, 1.82) is 5.26 Å². The van der Waals surface area contributed by atoms with Gasteiger partial charge < -0.3 is 4.74 Å². The van der Waals surface area contributed by atoms with Crippen LogP contribution in [0.1, 0.15) is 22.2 Å². The molecule has 0 aliphatic heterocycles. The van der Waals surface area contributed by atoms with Crippen molar-refractivity contribution in [3.05, 3.63) is 40.9 Å². The van der Waals surface area contributed by atoms with Gasteiger partial charge in [-0.2, -0.15) is 5.26 Å². The maximum atomic E-state index is 11.9. The minimum Gasteiger partial charge on any atom is -0.494 e. The average Bonchev–Trinajstić information content (AvgIpc) is 2.87. The van der Waals surface area contributed by atoms with Crippen molar-refractivity contribution < 1.29 is 9.53 Å². The third-order valence-corrected chi connectivity index (χ3v) is 3.08. The number of nitrogens with one attached hydrogen (secondary N) is 1. The van der Waals surface area contributed by atoms with Crippen LogP contribution in [0.3, 0.4) is 0 Å². The molecule has 1 aromatic heterocycles. The van der Waals surface area contributed by atoms with Gasteiger partial charge >= 0.3 is 0 Å². The molecule has 19 heavy (non-hydrogen) atoms. The molecule has 0 spiro atoms. The predicted molar refractivity (Wildman–Crippen MR) is 72.4 cm³/mol. The summed E-state index contributed by atoms with van der Waals surface area (Å²) in [6, 6.07) is 8.80. The molecule has 2 rings (SSSR count). The van der Waals surface area contributed by atoms with E-state index in [9.17, 15) is 4.79 Å². The fourth-order valence-electron chi connectivity index (χ4n) is 1.42. The molecular weight excluding hydrogens is 262 g/mol. The zero-order chi connectivity index (χ0) is 13.7. The summed E-state index contributed by atoms with van der Waals surface area (Å²) in [6.45, 7) is 2.48. The number of amides is 1. The van der Waals surface area contributed by atoms with Crippen molar-refractivity contribution in [2.24, 2.45) is 0 Å². The van der Waals surface area contributed by atoms with Crippen LogP contribution >= 0.6 is 11.3 Å². The van der Waals surface area contributed by atoms with Gasteiger partial charge in [0.25, 0.3) is 5.91 Å². The standard InChI is InChI=1S/C13H11N3O2S/c1-2-18-10-5-3-9(4-6-10)12(17)16-13-15-8-11(7-14)19-13/h3-6,8H,2H2,1H3,(H,15,16,17). The largest absolute Gasteiger partial charge is 0.494 e. The highest BCUT2D eigenvalue weighted by Crippen LogP contribution is 2.18. The van der Waals surface area contributed by atoms with Gasteiger partial charge in [0.05, 0.1) is 12.8 Å². The molecule has 0 saturated heterocycles. The second kappa shape index (κ2) is 5.98. The molecule has 1 amide bonds. The highest BCUT2D eigenvalue weighted by Gasteiger charge is 2.09. The molecule has 0 unspecified atom stereocenters. The highest BCUT2D eigenvalue weighted by atomic mass is 32.1. The van der Waals surface area contributed by atoms with Crippen molar-refractivity contribution in [3.8, 4) is 11.8 Å². The molecule has 0 saturated carbocycles. The Hall–Kier alpha value is -2.39. The smallest absolute Gasteiger partial charge is 0.257 e. The zero-order valence-corrected chi connectivity index (χ0v) is 11.0. The third-order valence-electron chi connectivity index (χ3n) is 2.26. The van der Waals surface area contributed by atoms with Crippen LogP contribution in [0.5, 0.6) is 5.75 Å². The first-order valence-electron chi connectivity index (χ1n) is 5.63. The number of nitrogens with zero attached hydrogens (tertiary/aromatic N) is 2. The van der Waals surface area contributed by atoms with Gasteiger partial charge in [0, 0.05) is 5.56 Å². The Labute approximate surface area is 114 Å². The molecular formula is C13H11N3O2S. The van der Waals surface area contributed by atoms with Crippen molar-refractivity contribution in [2.45, 2.75) is 6.92 Å². The molecule has 0 aliphatic carbocycles. The van der Waals surface area contributed by atoms with Crippen LogP contribution in [0.4, 0.5) is 5.13 Å². The molecule has 1 N–H and O–H groups in total. The summed E-state index contributed by atoms with van der Waals surface area (Å²) >= 11 is 1.14. The minimum absolute atomic E-state index is 0.262. The molecule has 0 fully saturated rings. The van der Waals surface area contributed by atoms with Crippen molar-refractivity contribution >= 4 is 22.4 Å². The van der Waals surface area contributed by atoms with Crippen molar-refractivity contribution in [3.63, 3.8) is 0 Å². The molecule has 96 valence electrons. The van der Waals surface area contributed by atoms with E-state index in [2.05, 4.69) is 10.3 Å². The zero-order valence-electron chi connectivity index (χ0n) is 10.2. The monoisotopic (exact) mass is 273 g/mol. The second-order valence-electron chi connectivity index (χ2n) is 3.55. The molecule has 0 radical (unpaired) electrons. The van der Waals surface area contributed by atoms with Crippen LogP contribution in [-0.4, -0.2) is 17.5 Å². The first kappa shape index (κ1) is 13.1. The van der Waals surface area contributed by atoms with Crippen LogP contribution in [-0.2, 0) is 0 Å². The fraction of sp³-hybridized carbons (Fsp3) is 0.154. The minimum atomic E-state index is -0.262. The molecule has 0 atom stereocenters. The van der Waals surface area contributed by atoms with Gasteiger partial charge in [-0.15, -0.1) is 0 Å². The molecule has 5 nitrogen and oxygen atoms in total. The van der Waals surface area contributed by atoms with Gasteiger partial charge in [-0.1, -0.05) is 11.3 Å². The average molecular weight is 273 g/mol. The SMILES string of the molecule is CCOc1ccc(C(=O)Nc2ncc(C#N)s2)cc1. The summed E-state index contributed by atoms with van der Waals surface area (Å²) in [4.78, 5) is 16.3. The van der Waals surface area contributed by atoms with Crippen LogP contribution in [0.15, 0.2) is 30.5 Å². The molecule has 1 heterocycles. The van der Waals surface area contributed by atoms with E-state index < -0.39 is 0 Å². The molecule has 0 bridgehead atoms. The molecule has 1 aromatic carbocycles. The van der Waals surface area contributed by atoms with Gasteiger partial charge in [-0.3, -0.25) is 10.1 Å². The lowest BCUT2D eigenvalue weighted by atomic mass is 10.2. The summed E-state index contributed by atoms with van der Waals surface area (Å²) in [6.07, 6.45) is 1.43. The van der Waals surface area contributed by atoms with E-state index in [1.54, 1.807) is 24.3 Å². The van der Waals surface area contributed by atoms with Crippen LogP contribution in [0.2, 0.25) is 0 Å². The fourth-order valence-corrected chi connectivity index (χ4v) is 2.03. The van der Waals surface area contributed by atoms with Gasteiger partial charge in [0.1, 0.15) is 16.7 Å². The van der Waals surface area contributed by atoms with Gasteiger partial charge in [0.2, 0.25) is 0 Å².